The van der Waals surface area contributed by atoms with Gasteiger partial charge in [0.2, 0.25) is 0 Å². The molecule has 1 atom stereocenters. The lowest BCUT2D eigenvalue weighted by molar-refractivity contribution is 0.217. The molecule has 1 N–H and O–H groups in total. The molecule has 1 heterocycles. The molecule has 1 fully saturated rings. The predicted molar refractivity (Wildman–Crippen MR) is 59.3 cm³/mol. The topological polar surface area (TPSA) is 23.5 Å². The molecule has 0 radical (unpaired) electrons. The minimum atomic E-state index is 0.350. The number of nitrogens with zero attached hydrogens (tertiary/aromatic N) is 1. The van der Waals surface area contributed by atoms with E-state index in [0.717, 1.165) is 17.8 Å². The number of likely N-dealkylation sites (tertiary alicyclic amines) is 1. The third-order valence-corrected chi connectivity index (χ3v) is 3.33. The van der Waals surface area contributed by atoms with Crippen molar-refractivity contribution in [1.82, 2.24) is 4.90 Å². The Bertz CT molecular complexity index is 118. The summed E-state index contributed by atoms with van der Waals surface area (Å²) in [4.78, 5) is 2.58. The minimum absolute atomic E-state index is 0.350. The van der Waals surface area contributed by atoms with E-state index in [1.54, 1.807) is 0 Å². The number of hydrogen-bond donors (Lipinski definition) is 1. The fourth-order valence-corrected chi connectivity index (χ4v) is 2.36. The summed E-state index contributed by atoms with van der Waals surface area (Å²) in [7, 11) is 0. The molecule has 1 rings (SSSR count). The molecule has 1 saturated heterocycles. The first-order valence-corrected chi connectivity index (χ1v) is 6.41. The first-order valence-electron chi connectivity index (χ1n) is 5.29. The van der Waals surface area contributed by atoms with Gasteiger partial charge in [-0.25, -0.2) is 0 Å². The van der Waals surface area contributed by atoms with Crippen LogP contribution < -0.4 is 0 Å². The maximum atomic E-state index is 8.76. The second kappa shape index (κ2) is 6.80. The molecule has 0 amide bonds. The molecule has 0 aromatic heterocycles. The second-order valence-electron chi connectivity index (χ2n) is 3.74. The van der Waals surface area contributed by atoms with Gasteiger partial charge in [0.15, 0.2) is 0 Å². The van der Waals surface area contributed by atoms with Crippen LogP contribution in [-0.4, -0.2) is 41.1 Å². The zero-order valence-electron chi connectivity index (χ0n) is 8.21. The van der Waals surface area contributed by atoms with E-state index in [-0.39, 0.29) is 0 Å². The summed E-state index contributed by atoms with van der Waals surface area (Å²) in [5.74, 6) is 0. The van der Waals surface area contributed by atoms with E-state index in [1.165, 1.54) is 38.8 Å². The lowest BCUT2D eigenvalue weighted by atomic mass is 10.1. The third kappa shape index (κ3) is 3.96. The van der Waals surface area contributed by atoms with E-state index in [2.05, 4.69) is 20.8 Å². The van der Waals surface area contributed by atoms with Crippen molar-refractivity contribution in [3.05, 3.63) is 0 Å². The number of rotatable bonds is 6. The number of alkyl halides is 1. The van der Waals surface area contributed by atoms with E-state index in [1.807, 2.05) is 0 Å². The Morgan fingerprint density at radius 1 is 1.38 bits per heavy atom. The standard InChI is InChI=1S/C10H20BrNO/c11-6-3-8-12-7-1-4-10(12)5-2-9-13/h10,13H,1-9H2. The van der Waals surface area contributed by atoms with Crippen LogP contribution in [0.25, 0.3) is 0 Å². The van der Waals surface area contributed by atoms with Gasteiger partial charge in [-0.05, 0) is 45.2 Å². The molecule has 1 unspecified atom stereocenters. The highest BCUT2D eigenvalue weighted by molar-refractivity contribution is 9.09. The average molecular weight is 250 g/mol. The van der Waals surface area contributed by atoms with Gasteiger partial charge in [0, 0.05) is 18.0 Å². The molecule has 0 bridgehead atoms. The Morgan fingerprint density at radius 2 is 2.23 bits per heavy atom. The molecule has 2 nitrogen and oxygen atoms in total. The van der Waals surface area contributed by atoms with Crippen LogP contribution in [0.1, 0.15) is 32.1 Å². The van der Waals surface area contributed by atoms with Gasteiger partial charge >= 0.3 is 0 Å². The Hall–Kier alpha value is 0.400. The summed E-state index contributed by atoms with van der Waals surface area (Å²) in [6.45, 7) is 2.84. The SMILES string of the molecule is OCCCC1CCCN1CCCBr. The largest absolute Gasteiger partial charge is 0.396 e. The zero-order valence-corrected chi connectivity index (χ0v) is 9.80. The van der Waals surface area contributed by atoms with E-state index < -0.39 is 0 Å². The third-order valence-electron chi connectivity index (χ3n) is 2.77. The maximum absolute atomic E-state index is 8.76. The highest BCUT2D eigenvalue weighted by atomic mass is 79.9. The normalized spacial score (nSPS) is 24.0. The zero-order chi connectivity index (χ0) is 9.52. The lowest BCUT2D eigenvalue weighted by Crippen LogP contribution is -2.30. The van der Waals surface area contributed by atoms with Gasteiger partial charge in [0.25, 0.3) is 0 Å². The summed E-state index contributed by atoms with van der Waals surface area (Å²) in [6, 6.07) is 0.756. The molecule has 0 spiro atoms. The Kier molecular flexibility index (Phi) is 6.00. The van der Waals surface area contributed by atoms with Crippen molar-refractivity contribution in [2.45, 2.75) is 38.1 Å². The highest BCUT2D eigenvalue weighted by Crippen LogP contribution is 2.21. The number of hydrogen-bond acceptors (Lipinski definition) is 2. The van der Waals surface area contributed by atoms with Crippen molar-refractivity contribution >= 4 is 15.9 Å². The quantitative estimate of drug-likeness (QED) is 0.729. The monoisotopic (exact) mass is 249 g/mol. The number of aliphatic hydroxyl groups excluding tert-OH is 1. The van der Waals surface area contributed by atoms with Gasteiger partial charge in [0.1, 0.15) is 0 Å². The Morgan fingerprint density at radius 3 is 2.92 bits per heavy atom. The molecule has 3 heteroatoms. The van der Waals surface area contributed by atoms with Gasteiger partial charge in [-0.15, -0.1) is 0 Å². The van der Waals surface area contributed by atoms with Gasteiger partial charge in [0.05, 0.1) is 0 Å². The molecular formula is C10H20BrNO. The molecule has 0 saturated carbocycles. The van der Waals surface area contributed by atoms with Crippen molar-refractivity contribution in [2.75, 3.05) is 25.0 Å². The predicted octanol–water partition coefficient (Wildman–Crippen LogP) is 2.01. The number of aliphatic hydroxyl groups is 1. The molecule has 0 aromatic carbocycles. The molecule has 0 aromatic rings. The first-order chi connectivity index (χ1) is 6.38. The molecule has 0 aliphatic carbocycles. The smallest absolute Gasteiger partial charge is 0.0431 e. The minimum Gasteiger partial charge on any atom is -0.396 e. The van der Waals surface area contributed by atoms with Crippen LogP contribution in [-0.2, 0) is 0 Å². The lowest BCUT2D eigenvalue weighted by Gasteiger charge is -2.23. The summed E-state index contributed by atoms with van der Waals surface area (Å²) >= 11 is 3.46. The van der Waals surface area contributed by atoms with Gasteiger partial charge < -0.3 is 10.0 Å². The van der Waals surface area contributed by atoms with E-state index >= 15 is 0 Å². The first kappa shape index (κ1) is 11.5. The molecule has 78 valence electrons. The van der Waals surface area contributed by atoms with Crippen LogP contribution >= 0.6 is 15.9 Å². The van der Waals surface area contributed by atoms with Crippen molar-refractivity contribution in [1.29, 1.82) is 0 Å². The van der Waals surface area contributed by atoms with E-state index in [0.29, 0.717) is 6.61 Å². The van der Waals surface area contributed by atoms with Crippen LogP contribution in [0.2, 0.25) is 0 Å². The molecule has 13 heavy (non-hydrogen) atoms. The van der Waals surface area contributed by atoms with Crippen LogP contribution in [0.3, 0.4) is 0 Å². The highest BCUT2D eigenvalue weighted by Gasteiger charge is 2.22. The summed E-state index contributed by atoms with van der Waals surface area (Å²) in [5, 5.41) is 9.87. The van der Waals surface area contributed by atoms with Crippen LogP contribution in [0.4, 0.5) is 0 Å². The molecule has 1 aliphatic heterocycles. The van der Waals surface area contributed by atoms with Crippen molar-refractivity contribution in [2.24, 2.45) is 0 Å². The van der Waals surface area contributed by atoms with Gasteiger partial charge in [-0.3, -0.25) is 0 Å². The van der Waals surface area contributed by atoms with E-state index in [9.17, 15) is 0 Å². The van der Waals surface area contributed by atoms with Crippen LogP contribution in [0, 0.1) is 0 Å². The number of halogens is 1. The summed E-state index contributed by atoms with van der Waals surface area (Å²) in [6.07, 6.45) is 6.07. The van der Waals surface area contributed by atoms with Crippen LogP contribution in [0.15, 0.2) is 0 Å². The van der Waals surface area contributed by atoms with E-state index in [4.69, 9.17) is 5.11 Å². The Labute approximate surface area is 89.4 Å². The molecular weight excluding hydrogens is 230 g/mol. The van der Waals surface area contributed by atoms with Gasteiger partial charge in [-0.2, -0.15) is 0 Å². The second-order valence-corrected chi connectivity index (χ2v) is 4.53. The summed E-state index contributed by atoms with van der Waals surface area (Å²) < 4.78 is 0. The maximum Gasteiger partial charge on any atom is 0.0431 e. The average Bonchev–Trinajstić information content (AvgIpc) is 2.59. The molecule has 1 aliphatic rings. The van der Waals surface area contributed by atoms with Crippen molar-refractivity contribution in [3.63, 3.8) is 0 Å². The van der Waals surface area contributed by atoms with Gasteiger partial charge in [-0.1, -0.05) is 15.9 Å². The Balaban J connectivity index is 2.18. The fourth-order valence-electron chi connectivity index (χ4n) is 2.11. The fraction of sp³-hybridized carbons (Fsp3) is 1.00. The van der Waals surface area contributed by atoms with Crippen molar-refractivity contribution in [3.8, 4) is 0 Å². The summed E-state index contributed by atoms with van der Waals surface area (Å²) in [5.41, 5.74) is 0. The van der Waals surface area contributed by atoms with Crippen molar-refractivity contribution < 1.29 is 5.11 Å². The van der Waals surface area contributed by atoms with Crippen LogP contribution in [0.5, 0.6) is 0 Å².